The number of halogens is 1. The minimum Gasteiger partial charge on any atom is -0.363 e. The second kappa shape index (κ2) is 5.67. The van der Waals surface area contributed by atoms with E-state index in [0.29, 0.717) is 17.0 Å². The SMILES string of the molecule is CCC(CSC)Nc1nsnc1Cl. The van der Waals surface area contributed by atoms with Crippen molar-refractivity contribution in [2.24, 2.45) is 0 Å². The van der Waals surface area contributed by atoms with Gasteiger partial charge in [0.05, 0.1) is 11.7 Å². The normalized spacial score (nSPS) is 12.8. The first-order chi connectivity index (χ1) is 6.27. The van der Waals surface area contributed by atoms with Crippen molar-refractivity contribution in [3.63, 3.8) is 0 Å². The maximum absolute atomic E-state index is 5.81. The first-order valence-electron chi connectivity index (χ1n) is 4.01. The summed E-state index contributed by atoms with van der Waals surface area (Å²) < 4.78 is 7.95. The molecule has 0 aliphatic heterocycles. The zero-order valence-electron chi connectivity index (χ0n) is 7.58. The predicted octanol–water partition coefficient (Wildman–Crippen LogP) is 2.75. The van der Waals surface area contributed by atoms with Crippen LogP contribution < -0.4 is 5.32 Å². The van der Waals surface area contributed by atoms with Gasteiger partial charge in [-0.1, -0.05) is 18.5 Å². The molecule has 13 heavy (non-hydrogen) atoms. The molecule has 0 aliphatic rings. The van der Waals surface area contributed by atoms with Gasteiger partial charge in [-0.3, -0.25) is 0 Å². The monoisotopic (exact) mass is 237 g/mol. The Morgan fingerprint density at radius 3 is 2.85 bits per heavy atom. The van der Waals surface area contributed by atoms with Gasteiger partial charge in [-0.15, -0.1) is 0 Å². The lowest BCUT2D eigenvalue weighted by Gasteiger charge is -2.14. The number of aromatic nitrogens is 2. The molecule has 0 radical (unpaired) electrons. The zero-order chi connectivity index (χ0) is 9.68. The molecule has 0 amide bonds. The van der Waals surface area contributed by atoms with E-state index in [1.54, 1.807) is 0 Å². The molecule has 0 saturated heterocycles. The van der Waals surface area contributed by atoms with E-state index in [1.165, 1.54) is 0 Å². The minimum atomic E-state index is 0.427. The highest BCUT2D eigenvalue weighted by Gasteiger charge is 2.10. The van der Waals surface area contributed by atoms with Crippen molar-refractivity contribution in [2.45, 2.75) is 19.4 Å². The van der Waals surface area contributed by atoms with E-state index in [-0.39, 0.29) is 0 Å². The summed E-state index contributed by atoms with van der Waals surface area (Å²) >= 11 is 8.76. The molecule has 74 valence electrons. The van der Waals surface area contributed by atoms with Gasteiger partial charge in [-0.25, -0.2) is 0 Å². The highest BCUT2D eigenvalue weighted by Crippen LogP contribution is 2.19. The van der Waals surface area contributed by atoms with E-state index in [4.69, 9.17) is 11.6 Å². The number of hydrogen-bond acceptors (Lipinski definition) is 5. The lowest BCUT2D eigenvalue weighted by molar-refractivity contribution is 0.772. The van der Waals surface area contributed by atoms with Gasteiger partial charge in [-0.05, 0) is 12.7 Å². The Labute approximate surface area is 91.6 Å². The number of rotatable bonds is 5. The Kier molecular flexibility index (Phi) is 4.83. The van der Waals surface area contributed by atoms with Crippen LogP contribution in [-0.4, -0.2) is 26.8 Å². The second-order valence-electron chi connectivity index (χ2n) is 2.61. The van der Waals surface area contributed by atoms with Crippen LogP contribution in [0.25, 0.3) is 0 Å². The molecule has 1 unspecified atom stereocenters. The van der Waals surface area contributed by atoms with Crippen LogP contribution in [0.15, 0.2) is 0 Å². The summed E-state index contributed by atoms with van der Waals surface area (Å²) in [6.45, 7) is 2.14. The van der Waals surface area contributed by atoms with Crippen LogP contribution in [0.1, 0.15) is 13.3 Å². The highest BCUT2D eigenvalue weighted by molar-refractivity contribution is 7.98. The van der Waals surface area contributed by atoms with Gasteiger partial charge in [0.1, 0.15) is 0 Å². The Morgan fingerprint density at radius 2 is 2.38 bits per heavy atom. The smallest absolute Gasteiger partial charge is 0.186 e. The standard InChI is InChI=1S/C7H12ClN3S2/c1-3-5(4-12-2)9-7-6(8)10-13-11-7/h5H,3-4H2,1-2H3,(H,9,11). The second-order valence-corrected chi connectivity index (χ2v) is 4.41. The molecular formula is C7H12ClN3S2. The van der Waals surface area contributed by atoms with Gasteiger partial charge in [0.25, 0.3) is 0 Å². The molecule has 0 fully saturated rings. The van der Waals surface area contributed by atoms with E-state index in [2.05, 4.69) is 27.2 Å². The number of nitrogens with one attached hydrogen (secondary N) is 1. The van der Waals surface area contributed by atoms with E-state index >= 15 is 0 Å². The largest absolute Gasteiger partial charge is 0.363 e. The van der Waals surface area contributed by atoms with Crippen molar-refractivity contribution in [2.75, 3.05) is 17.3 Å². The van der Waals surface area contributed by atoms with Crippen molar-refractivity contribution >= 4 is 40.9 Å². The molecule has 0 saturated carbocycles. The first-order valence-corrected chi connectivity index (χ1v) is 6.51. The van der Waals surface area contributed by atoms with Gasteiger partial charge in [0, 0.05) is 11.8 Å². The lowest BCUT2D eigenvalue weighted by Crippen LogP contribution is -2.21. The summed E-state index contributed by atoms with van der Waals surface area (Å²) in [5, 5.41) is 3.74. The highest BCUT2D eigenvalue weighted by atomic mass is 35.5. The average Bonchev–Trinajstić information content (AvgIpc) is 2.51. The molecule has 1 N–H and O–H groups in total. The van der Waals surface area contributed by atoms with Gasteiger partial charge >= 0.3 is 0 Å². The van der Waals surface area contributed by atoms with Gasteiger partial charge in [0.15, 0.2) is 11.0 Å². The summed E-state index contributed by atoms with van der Waals surface area (Å²) in [4.78, 5) is 0. The molecule has 1 heterocycles. The summed E-state index contributed by atoms with van der Waals surface area (Å²) in [6.07, 6.45) is 3.15. The Bertz CT molecular complexity index is 254. The molecule has 0 aliphatic carbocycles. The number of thioether (sulfide) groups is 1. The van der Waals surface area contributed by atoms with Crippen LogP contribution >= 0.6 is 35.1 Å². The van der Waals surface area contributed by atoms with Gasteiger partial charge in [0.2, 0.25) is 0 Å². The van der Waals surface area contributed by atoms with Crippen molar-refractivity contribution in [1.82, 2.24) is 8.75 Å². The molecule has 1 atom stereocenters. The third-order valence-electron chi connectivity index (χ3n) is 1.65. The van der Waals surface area contributed by atoms with Gasteiger partial charge in [-0.2, -0.15) is 20.5 Å². The summed E-state index contributed by atoms with van der Waals surface area (Å²) in [7, 11) is 0. The molecule has 1 rings (SSSR count). The van der Waals surface area contributed by atoms with Crippen molar-refractivity contribution in [1.29, 1.82) is 0 Å². The number of hydrogen-bond donors (Lipinski definition) is 1. The Balaban J connectivity index is 2.51. The fourth-order valence-electron chi connectivity index (χ4n) is 0.920. The maximum Gasteiger partial charge on any atom is 0.186 e. The van der Waals surface area contributed by atoms with Gasteiger partial charge < -0.3 is 5.32 Å². The average molecular weight is 238 g/mol. The third-order valence-corrected chi connectivity index (χ3v) is 3.28. The fourth-order valence-corrected chi connectivity index (χ4v) is 2.30. The quantitative estimate of drug-likeness (QED) is 0.855. The molecule has 1 aromatic heterocycles. The maximum atomic E-state index is 5.81. The Hall–Kier alpha value is -0.0000000000000000555. The lowest BCUT2D eigenvalue weighted by atomic mass is 10.2. The van der Waals surface area contributed by atoms with Crippen LogP contribution in [0.5, 0.6) is 0 Å². The van der Waals surface area contributed by atoms with E-state index < -0.39 is 0 Å². The van der Waals surface area contributed by atoms with Crippen molar-refractivity contribution in [3.8, 4) is 0 Å². The first kappa shape index (κ1) is 11.1. The number of nitrogens with zero attached hydrogens (tertiary/aromatic N) is 2. The van der Waals surface area contributed by atoms with Crippen molar-refractivity contribution < 1.29 is 0 Å². The molecule has 0 aromatic carbocycles. The summed E-state index contributed by atoms with van der Waals surface area (Å²) in [5.74, 6) is 1.78. The fraction of sp³-hybridized carbons (Fsp3) is 0.714. The summed E-state index contributed by atoms with van der Waals surface area (Å²) in [5.41, 5.74) is 0. The molecule has 0 spiro atoms. The molecule has 3 nitrogen and oxygen atoms in total. The van der Waals surface area contributed by atoms with Crippen LogP contribution in [-0.2, 0) is 0 Å². The van der Waals surface area contributed by atoms with E-state index in [9.17, 15) is 0 Å². The van der Waals surface area contributed by atoms with Crippen LogP contribution in [0.4, 0.5) is 5.82 Å². The number of anilines is 1. The van der Waals surface area contributed by atoms with Crippen molar-refractivity contribution in [3.05, 3.63) is 5.15 Å². The predicted molar refractivity (Wildman–Crippen MR) is 61.0 cm³/mol. The summed E-state index contributed by atoms with van der Waals surface area (Å²) in [6, 6.07) is 0.427. The molecule has 1 aromatic rings. The van der Waals surface area contributed by atoms with E-state index in [1.807, 2.05) is 11.8 Å². The van der Waals surface area contributed by atoms with Crippen LogP contribution in [0, 0.1) is 0 Å². The minimum absolute atomic E-state index is 0.427. The third kappa shape index (κ3) is 3.32. The van der Waals surface area contributed by atoms with Crippen LogP contribution in [0.3, 0.4) is 0 Å². The molecule has 6 heteroatoms. The Morgan fingerprint density at radius 1 is 1.62 bits per heavy atom. The molecular weight excluding hydrogens is 226 g/mol. The zero-order valence-corrected chi connectivity index (χ0v) is 9.97. The molecule has 0 bridgehead atoms. The van der Waals surface area contributed by atoms with Crippen LogP contribution in [0.2, 0.25) is 5.15 Å². The van der Waals surface area contributed by atoms with E-state index in [0.717, 1.165) is 23.9 Å². The topological polar surface area (TPSA) is 37.8 Å².